The Labute approximate surface area is 149 Å². The van der Waals surface area contributed by atoms with Gasteiger partial charge in [0.05, 0.1) is 0 Å². The lowest BCUT2D eigenvalue weighted by Gasteiger charge is -2.41. The molecule has 0 spiro atoms. The van der Waals surface area contributed by atoms with Crippen molar-refractivity contribution in [2.45, 2.75) is 50.0 Å². The maximum Gasteiger partial charge on any atom is 0.248 e. The molecule has 1 heterocycles. The average Bonchev–Trinajstić information content (AvgIpc) is 2.98. The lowest BCUT2D eigenvalue weighted by atomic mass is 9.79. The van der Waals surface area contributed by atoms with Gasteiger partial charge in [-0.1, -0.05) is 30.3 Å². The second-order valence-electron chi connectivity index (χ2n) is 7.88. The Kier molecular flexibility index (Phi) is 5.76. The zero-order valence-electron chi connectivity index (χ0n) is 14.8. The molecule has 5 heteroatoms. The smallest absolute Gasteiger partial charge is 0.248 e. The number of nitrogens with two attached hydrogens (primary N) is 1. The number of piperidine rings is 1. The molecule has 0 bridgehead atoms. The van der Waals surface area contributed by atoms with Crippen LogP contribution in [0.3, 0.4) is 0 Å². The molecular formula is C20H30F2N2O. The Morgan fingerprint density at radius 1 is 1.16 bits per heavy atom. The highest BCUT2D eigenvalue weighted by Crippen LogP contribution is 2.47. The van der Waals surface area contributed by atoms with Gasteiger partial charge in [-0.15, -0.1) is 0 Å². The van der Waals surface area contributed by atoms with Crippen molar-refractivity contribution in [1.82, 2.24) is 4.90 Å². The third-order valence-corrected chi connectivity index (χ3v) is 6.10. The molecule has 1 saturated carbocycles. The topological polar surface area (TPSA) is 49.5 Å². The van der Waals surface area contributed by atoms with Gasteiger partial charge in [0.2, 0.25) is 5.92 Å². The Morgan fingerprint density at radius 2 is 1.84 bits per heavy atom. The van der Waals surface area contributed by atoms with Crippen molar-refractivity contribution in [3.63, 3.8) is 0 Å². The lowest BCUT2D eigenvalue weighted by Crippen LogP contribution is -2.48. The minimum Gasteiger partial charge on any atom is -0.384 e. The number of benzene rings is 1. The summed E-state index contributed by atoms with van der Waals surface area (Å²) >= 11 is 0. The van der Waals surface area contributed by atoms with E-state index in [-0.39, 0.29) is 12.8 Å². The highest BCUT2D eigenvalue weighted by atomic mass is 19.3. The standard InChI is InChI=1S/C20H30F2N2O/c21-19(22)10-6-18(14-19)20(25,17-4-2-1-3-5-17)15-24-12-8-16(7-11-23)9-13-24/h1-5,16,18,25H,6-15,23H2/t18-,20+/m1/s1. The monoisotopic (exact) mass is 352 g/mol. The molecule has 1 aliphatic heterocycles. The second-order valence-corrected chi connectivity index (χ2v) is 7.88. The molecule has 25 heavy (non-hydrogen) atoms. The highest BCUT2D eigenvalue weighted by molar-refractivity contribution is 5.25. The number of β-amino-alcohol motifs (C(OH)–C–C–N with tert-alkyl or cyclic N) is 1. The number of aliphatic hydroxyl groups is 1. The normalized spacial score (nSPS) is 27.3. The predicted molar refractivity (Wildman–Crippen MR) is 95.5 cm³/mol. The Hall–Kier alpha value is -1.04. The number of alkyl halides is 2. The molecule has 3 N–H and O–H groups in total. The molecule has 0 radical (unpaired) electrons. The maximum atomic E-state index is 13.8. The molecule has 0 unspecified atom stereocenters. The largest absolute Gasteiger partial charge is 0.384 e. The summed E-state index contributed by atoms with van der Waals surface area (Å²) in [7, 11) is 0. The van der Waals surface area contributed by atoms with Crippen LogP contribution in [0, 0.1) is 11.8 Å². The van der Waals surface area contributed by atoms with Gasteiger partial charge in [0, 0.05) is 19.4 Å². The number of rotatable bonds is 6. The molecular weight excluding hydrogens is 322 g/mol. The molecule has 1 aliphatic carbocycles. The zero-order valence-corrected chi connectivity index (χ0v) is 14.8. The Balaban J connectivity index is 1.74. The van der Waals surface area contributed by atoms with Crippen LogP contribution in [0.2, 0.25) is 0 Å². The minimum absolute atomic E-state index is 0.120. The number of likely N-dealkylation sites (tertiary alicyclic amines) is 1. The summed E-state index contributed by atoms with van der Waals surface area (Å²) in [6.45, 7) is 2.97. The van der Waals surface area contributed by atoms with Crippen LogP contribution in [0.4, 0.5) is 8.78 Å². The van der Waals surface area contributed by atoms with Crippen LogP contribution >= 0.6 is 0 Å². The molecule has 3 rings (SSSR count). The molecule has 140 valence electrons. The fourth-order valence-corrected chi connectivity index (χ4v) is 4.55. The fraction of sp³-hybridized carbons (Fsp3) is 0.700. The SMILES string of the molecule is NCCC1CCN(C[C@](O)(c2ccccc2)[C@@H]2CCC(F)(F)C2)CC1. The van der Waals surface area contributed by atoms with Gasteiger partial charge in [0.25, 0.3) is 0 Å². The second kappa shape index (κ2) is 7.68. The summed E-state index contributed by atoms with van der Waals surface area (Å²) in [5, 5.41) is 11.5. The molecule has 3 nitrogen and oxygen atoms in total. The first-order chi connectivity index (χ1) is 11.9. The van der Waals surface area contributed by atoms with E-state index in [2.05, 4.69) is 4.90 Å². The molecule has 2 aliphatic rings. The maximum absolute atomic E-state index is 13.8. The van der Waals surface area contributed by atoms with Crippen LogP contribution in [0.5, 0.6) is 0 Å². The fourth-order valence-electron chi connectivity index (χ4n) is 4.55. The van der Waals surface area contributed by atoms with Crippen molar-refractivity contribution < 1.29 is 13.9 Å². The lowest BCUT2D eigenvalue weighted by molar-refractivity contribution is -0.0716. The van der Waals surface area contributed by atoms with Crippen molar-refractivity contribution in [3.05, 3.63) is 35.9 Å². The van der Waals surface area contributed by atoms with E-state index in [0.29, 0.717) is 18.9 Å². The molecule has 0 amide bonds. The summed E-state index contributed by atoms with van der Waals surface area (Å²) in [6, 6.07) is 9.39. The number of hydrogen-bond donors (Lipinski definition) is 2. The van der Waals surface area contributed by atoms with E-state index in [1.165, 1.54) is 0 Å². The number of halogens is 2. The molecule has 2 atom stereocenters. The van der Waals surface area contributed by atoms with E-state index >= 15 is 0 Å². The van der Waals surface area contributed by atoms with Crippen molar-refractivity contribution in [2.75, 3.05) is 26.2 Å². The quantitative estimate of drug-likeness (QED) is 0.825. The predicted octanol–water partition coefficient (Wildman–Crippen LogP) is 3.37. The van der Waals surface area contributed by atoms with Crippen molar-refractivity contribution in [1.29, 1.82) is 0 Å². The van der Waals surface area contributed by atoms with Gasteiger partial charge in [-0.05, 0) is 62.7 Å². The summed E-state index contributed by atoms with van der Waals surface area (Å²) in [4.78, 5) is 2.25. The summed E-state index contributed by atoms with van der Waals surface area (Å²) in [5.74, 6) is -2.39. The third-order valence-electron chi connectivity index (χ3n) is 6.10. The van der Waals surface area contributed by atoms with Gasteiger partial charge in [-0.25, -0.2) is 8.78 Å². The van der Waals surface area contributed by atoms with E-state index in [1.807, 2.05) is 30.3 Å². The van der Waals surface area contributed by atoms with Gasteiger partial charge in [0.1, 0.15) is 5.60 Å². The summed E-state index contributed by atoms with van der Waals surface area (Å²) < 4.78 is 27.6. The van der Waals surface area contributed by atoms with Gasteiger partial charge >= 0.3 is 0 Å². The van der Waals surface area contributed by atoms with Gasteiger partial charge < -0.3 is 15.7 Å². The third kappa shape index (κ3) is 4.39. The van der Waals surface area contributed by atoms with Crippen LogP contribution < -0.4 is 5.73 Å². The van der Waals surface area contributed by atoms with E-state index < -0.39 is 17.4 Å². The van der Waals surface area contributed by atoms with E-state index in [1.54, 1.807) is 0 Å². The Bertz CT molecular complexity index is 546. The first kappa shape index (κ1) is 18.7. The van der Waals surface area contributed by atoms with Crippen LogP contribution in [-0.4, -0.2) is 42.1 Å². The molecule has 1 aromatic carbocycles. The zero-order chi connectivity index (χ0) is 17.9. The first-order valence-electron chi connectivity index (χ1n) is 9.51. The van der Waals surface area contributed by atoms with Gasteiger partial charge in [-0.3, -0.25) is 0 Å². The summed E-state index contributed by atoms with van der Waals surface area (Å²) in [5.41, 5.74) is 5.21. The van der Waals surface area contributed by atoms with Crippen molar-refractivity contribution in [2.24, 2.45) is 17.6 Å². The van der Waals surface area contributed by atoms with Crippen LogP contribution in [0.25, 0.3) is 0 Å². The van der Waals surface area contributed by atoms with Crippen molar-refractivity contribution in [3.8, 4) is 0 Å². The van der Waals surface area contributed by atoms with E-state index in [0.717, 1.165) is 44.5 Å². The molecule has 1 aromatic rings. The highest BCUT2D eigenvalue weighted by Gasteiger charge is 2.50. The Morgan fingerprint density at radius 3 is 2.40 bits per heavy atom. The minimum atomic E-state index is -2.65. The number of nitrogens with zero attached hydrogens (tertiary/aromatic N) is 1. The average molecular weight is 352 g/mol. The van der Waals surface area contributed by atoms with Crippen LogP contribution in [0.1, 0.15) is 44.1 Å². The molecule has 1 saturated heterocycles. The van der Waals surface area contributed by atoms with E-state index in [9.17, 15) is 13.9 Å². The number of hydrogen-bond acceptors (Lipinski definition) is 3. The molecule has 0 aromatic heterocycles. The van der Waals surface area contributed by atoms with E-state index in [4.69, 9.17) is 5.73 Å². The van der Waals surface area contributed by atoms with Gasteiger partial charge in [0.15, 0.2) is 0 Å². The van der Waals surface area contributed by atoms with Crippen LogP contribution in [0.15, 0.2) is 30.3 Å². The first-order valence-corrected chi connectivity index (χ1v) is 9.51. The summed E-state index contributed by atoms with van der Waals surface area (Å²) in [6.07, 6.45) is 3.23. The van der Waals surface area contributed by atoms with Crippen LogP contribution in [-0.2, 0) is 5.60 Å². The van der Waals surface area contributed by atoms with Crippen molar-refractivity contribution >= 4 is 0 Å². The molecule has 2 fully saturated rings. The van der Waals surface area contributed by atoms with Gasteiger partial charge in [-0.2, -0.15) is 0 Å².